The normalized spacial score (nSPS) is 31.4. The summed E-state index contributed by atoms with van der Waals surface area (Å²) in [7, 11) is 0. The van der Waals surface area contributed by atoms with Crippen LogP contribution in [0.3, 0.4) is 0 Å². The predicted octanol–water partition coefficient (Wildman–Crippen LogP) is 1.89. The van der Waals surface area contributed by atoms with Crippen LogP contribution in [-0.4, -0.2) is 30.4 Å². The van der Waals surface area contributed by atoms with Crippen molar-refractivity contribution < 1.29 is 23.8 Å². The van der Waals surface area contributed by atoms with Crippen LogP contribution in [0.4, 0.5) is 0 Å². The number of esters is 2. The molecule has 0 aromatic heterocycles. The summed E-state index contributed by atoms with van der Waals surface area (Å²) in [6.07, 6.45) is -0.572. The van der Waals surface area contributed by atoms with Gasteiger partial charge >= 0.3 is 11.9 Å². The van der Waals surface area contributed by atoms with Crippen molar-refractivity contribution in [2.24, 2.45) is 11.8 Å². The van der Waals surface area contributed by atoms with Crippen LogP contribution in [0.2, 0.25) is 0 Å². The third-order valence-corrected chi connectivity index (χ3v) is 3.14. The lowest BCUT2D eigenvalue weighted by Crippen LogP contribution is -2.37. The SMILES string of the molecule is CC[C@H]1O[C@H](OC(C)=O)[C@H](OC(C)=O)[C@@H]1C(C)C. The molecule has 1 heterocycles. The summed E-state index contributed by atoms with van der Waals surface area (Å²) >= 11 is 0. The molecule has 5 heteroatoms. The molecule has 0 radical (unpaired) electrons. The van der Waals surface area contributed by atoms with Gasteiger partial charge in [0.15, 0.2) is 6.10 Å². The third kappa shape index (κ3) is 3.45. The number of hydrogen-bond donors (Lipinski definition) is 0. The van der Waals surface area contributed by atoms with Crippen LogP contribution in [0.5, 0.6) is 0 Å². The molecule has 1 aliphatic heterocycles. The van der Waals surface area contributed by atoms with E-state index < -0.39 is 18.4 Å². The van der Waals surface area contributed by atoms with Crippen LogP contribution in [0.15, 0.2) is 0 Å². The van der Waals surface area contributed by atoms with Gasteiger partial charge < -0.3 is 14.2 Å². The lowest BCUT2D eigenvalue weighted by atomic mass is 9.86. The second-order valence-corrected chi connectivity index (χ2v) is 4.96. The van der Waals surface area contributed by atoms with Gasteiger partial charge in [-0.2, -0.15) is 0 Å². The molecule has 0 spiro atoms. The summed E-state index contributed by atoms with van der Waals surface area (Å²) < 4.78 is 16.1. The van der Waals surface area contributed by atoms with E-state index in [1.54, 1.807) is 0 Å². The molecule has 1 saturated heterocycles. The molecule has 18 heavy (non-hydrogen) atoms. The molecule has 0 bridgehead atoms. The van der Waals surface area contributed by atoms with Gasteiger partial charge in [-0.15, -0.1) is 0 Å². The Balaban J connectivity index is 2.90. The monoisotopic (exact) mass is 258 g/mol. The Labute approximate surface area is 108 Å². The molecule has 104 valence electrons. The maximum absolute atomic E-state index is 11.2. The van der Waals surface area contributed by atoms with Crippen LogP contribution in [0.25, 0.3) is 0 Å². The van der Waals surface area contributed by atoms with E-state index in [1.165, 1.54) is 13.8 Å². The smallest absolute Gasteiger partial charge is 0.305 e. The average molecular weight is 258 g/mol. The third-order valence-electron chi connectivity index (χ3n) is 3.14. The van der Waals surface area contributed by atoms with E-state index in [0.29, 0.717) is 0 Å². The Morgan fingerprint density at radius 3 is 2.11 bits per heavy atom. The molecule has 0 N–H and O–H groups in total. The van der Waals surface area contributed by atoms with E-state index in [9.17, 15) is 9.59 Å². The molecule has 1 aliphatic rings. The van der Waals surface area contributed by atoms with E-state index in [4.69, 9.17) is 14.2 Å². The van der Waals surface area contributed by atoms with Gasteiger partial charge in [0.25, 0.3) is 0 Å². The molecule has 4 atom stereocenters. The fourth-order valence-electron chi connectivity index (χ4n) is 2.49. The fraction of sp³-hybridized carbons (Fsp3) is 0.846. The molecule has 0 aromatic rings. The minimum Gasteiger partial charge on any atom is -0.455 e. The van der Waals surface area contributed by atoms with Crippen molar-refractivity contribution in [3.05, 3.63) is 0 Å². The average Bonchev–Trinajstić information content (AvgIpc) is 2.55. The van der Waals surface area contributed by atoms with E-state index in [-0.39, 0.29) is 23.9 Å². The maximum Gasteiger partial charge on any atom is 0.305 e. The maximum atomic E-state index is 11.2. The second-order valence-electron chi connectivity index (χ2n) is 4.96. The van der Waals surface area contributed by atoms with Crippen molar-refractivity contribution in [2.75, 3.05) is 0 Å². The van der Waals surface area contributed by atoms with Crippen LogP contribution >= 0.6 is 0 Å². The Hall–Kier alpha value is -1.10. The molecule has 5 nitrogen and oxygen atoms in total. The number of ether oxygens (including phenoxy) is 3. The van der Waals surface area contributed by atoms with E-state index in [0.717, 1.165) is 6.42 Å². The van der Waals surface area contributed by atoms with Crippen molar-refractivity contribution in [1.82, 2.24) is 0 Å². The summed E-state index contributed by atoms with van der Waals surface area (Å²) in [5, 5.41) is 0. The number of carbonyl (C=O) groups excluding carboxylic acids is 2. The molecule has 0 unspecified atom stereocenters. The summed E-state index contributed by atoms with van der Waals surface area (Å²) in [5.41, 5.74) is 0. The van der Waals surface area contributed by atoms with Gasteiger partial charge in [0.1, 0.15) is 0 Å². The molecule has 1 rings (SSSR count). The highest BCUT2D eigenvalue weighted by Crippen LogP contribution is 2.37. The number of rotatable bonds is 4. The summed E-state index contributed by atoms with van der Waals surface area (Å²) in [6.45, 7) is 8.76. The van der Waals surface area contributed by atoms with Gasteiger partial charge in [0.05, 0.1) is 6.10 Å². The highest BCUT2D eigenvalue weighted by atomic mass is 16.7. The first kappa shape index (κ1) is 15.0. The standard InChI is InChI=1S/C13H22O5/c1-6-10-11(7(2)3)12(16-8(4)14)13(18-10)17-9(5)15/h7,10-13H,6H2,1-5H3/t10-,11-,12-,13+/m1/s1. The number of carbonyl (C=O) groups is 2. The zero-order valence-corrected chi connectivity index (χ0v) is 11.6. The Bertz CT molecular complexity index is 313. The topological polar surface area (TPSA) is 61.8 Å². The van der Waals surface area contributed by atoms with Crippen molar-refractivity contribution in [2.45, 2.75) is 59.5 Å². The molecule has 1 fully saturated rings. The molecular formula is C13H22O5. The van der Waals surface area contributed by atoms with Gasteiger partial charge in [-0.1, -0.05) is 20.8 Å². The van der Waals surface area contributed by atoms with Crippen molar-refractivity contribution in [1.29, 1.82) is 0 Å². The largest absolute Gasteiger partial charge is 0.455 e. The molecule has 0 amide bonds. The van der Waals surface area contributed by atoms with Crippen LogP contribution in [-0.2, 0) is 23.8 Å². The van der Waals surface area contributed by atoms with E-state index >= 15 is 0 Å². The minimum absolute atomic E-state index is 0.0447. The van der Waals surface area contributed by atoms with Gasteiger partial charge in [-0.3, -0.25) is 9.59 Å². The number of hydrogen-bond acceptors (Lipinski definition) is 5. The minimum atomic E-state index is -0.788. The summed E-state index contributed by atoms with van der Waals surface area (Å²) in [4.78, 5) is 22.2. The van der Waals surface area contributed by atoms with E-state index in [2.05, 4.69) is 0 Å². The highest BCUT2D eigenvalue weighted by Gasteiger charge is 2.48. The summed E-state index contributed by atoms with van der Waals surface area (Å²) in [6, 6.07) is 0. The molecule has 0 saturated carbocycles. The zero-order valence-electron chi connectivity index (χ0n) is 11.6. The zero-order chi connectivity index (χ0) is 13.9. The summed E-state index contributed by atoms with van der Waals surface area (Å²) in [5.74, 6) is -0.498. The van der Waals surface area contributed by atoms with Crippen molar-refractivity contribution in [3.63, 3.8) is 0 Å². The second kappa shape index (κ2) is 6.18. The highest BCUT2D eigenvalue weighted by molar-refractivity contribution is 5.67. The predicted molar refractivity (Wildman–Crippen MR) is 64.6 cm³/mol. The van der Waals surface area contributed by atoms with Gasteiger partial charge in [-0.25, -0.2) is 0 Å². The van der Waals surface area contributed by atoms with Gasteiger partial charge in [0.2, 0.25) is 6.29 Å². The first-order valence-electron chi connectivity index (χ1n) is 6.36. The lowest BCUT2D eigenvalue weighted by molar-refractivity contribution is -0.194. The van der Waals surface area contributed by atoms with Crippen molar-refractivity contribution in [3.8, 4) is 0 Å². The molecule has 0 aromatic carbocycles. The van der Waals surface area contributed by atoms with Crippen LogP contribution in [0, 0.1) is 11.8 Å². The van der Waals surface area contributed by atoms with E-state index in [1.807, 2.05) is 20.8 Å². The molecular weight excluding hydrogens is 236 g/mol. The quantitative estimate of drug-likeness (QED) is 0.720. The lowest BCUT2D eigenvalue weighted by Gasteiger charge is -2.25. The Morgan fingerprint density at radius 2 is 1.72 bits per heavy atom. The van der Waals surface area contributed by atoms with Crippen LogP contribution in [0.1, 0.15) is 41.0 Å². The van der Waals surface area contributed by atoms with Crippen molar-refractivity contribution >= 4 is 11.9 Å². The first-order chi connectivity index (χ1) is 8.36. The molecule has 0 aliphatic carbocycles. The van der Waals surface area contributed by atoms with Gasteiger partial charge in [0, 0.05) is 19.8 Å². The fourth-order valence-corrected chi connectivity index (χ4v) is 2.49. The Kier molecular flexibility index (Phi) is 5.14. The first-order valence-corrected chi connectivity index (χ1v) is 6.36. The van der Waals surface area contributed by atoms with Gasteiger partial charge in [-0.05, 0) is 12.3 Å². The van der Waals surface area contributed by atoms with Crippen LogP contribution < -0.4 is 0 Å². The Morgan fingerprint density at radius 1 is 1.17 bits per heavy atom.